The van der Waals surface area contributed by atoms with Crippen molar-refractivity contribution in [3.8, 4) is 0 Å². The molecule has 116 valence electrons. The van der Waals surface area contributed by atoms with Gasteiger partial charge < -0.3 is 9.47 Å². The molecule has 0 amide bonds. The Morgan fingerprint density at radius 2 is 1.45 bits per heavy atom. The minimum Gasteiger partial charge on any atom is -0.348 e. The van der Waals surface area contributed by atoms with Crippen LogP contribution in [-0.4, -0.2) is 19.5 Å². The predicted molar refractivity (Wildman–Crippen MR) is 87.8 cm³/mol. The van der Waals surface area contributed by atoms with Crippen molar-refractivity contribution in [2.75, 3.05) is 13.2 Å². The van der Waals surface area contributed by atoms with Crippen molar-refractivity contribution >= 4 is 0 Å². The molecule has 0 saturated heterocycles. The van der Waals surface area contributed by atoms with Gasteiger partial charge >= 0.3 is 0 Å². The summed E-state index contributed by atoms with van der Waals surface area (Å²) in [4.78, 5) is 0. The van der Waals surface area contributed by atoms with Gasteiger partial charge in [0.2, 0.25) is 0 Å². The fraction of sp³-hybridized carbons (Fsp3) is 0.667. The largest absolute Gasteiger partial charge is 0.348 e. The number of ether oxygens (including phenoxy) is 2. The summed E-state index contributed by atoms with van der Waals surface area (Å²) < 4.78 is 11.5. The minimum absolute atomic E-state index is 0.154. The van der Waals surface area contributed by atoms with E-state index in [0.29, 0.717) is 13.2 Å². The zero-order valence-electron chi connectivity index (χ0n) is 13.9. The van der Waals surface area contributed by atoms with Crippen LogP contribution in [-0.2, 0) is 9.47 Å². The van der Waals surface area contributed by atoms with Gasteiger partial charge in [0, 0.05) is 6.42 Å². The van der Waals surface area contributed by atoms with Crippen molar-refractivity contribution in [1.82, 2.24) is 0 Å². The first-order valence-corrected chi connectivity index (χ1v) is 7.71. The van der Waals surface area contributed by atoms with Crippen molar-refractivity contribution < 1.29 is 9.47 Å². The third kappa shape index (κ3) is 13.6. The fourth-order valence-corrected chi connectivity index (χ4v) is 1.48. The molecule has 0 aromatic rings. The van der Waals surface area contributed by atoms with E-state index in [-0.39, 0.29) is 6.29 Å². The number of hydrogen-bond donors (Lipinski definition) is 0. The Morgan fingerprint density at radius 1 is 0.900 bits per heavy atom. The normalized spacial score (nSPS) is 11.1. The molecule has 2 heteroatoms. The molecule has 0 aliphatic heterocycles. The predicted octanol–water partition coefficient (Wildman–Crippen LogP) is 5.41. The molecule has 0 atom stereocenters. The van der Waals surface area contributed by atoms with E-state index < -0.39 is 0 Å². The van der Waals surface area contributed by atoms with E-state index in [0.717, 1.165) is 12.8 Å². The van der Waals surface area contributed by atoms with Crippen molar-refractivity contribution in [1.29, 1.82) is 0 Å². The molecule has 0 radical (unpaired) electrons. The summed E-state index contributed by atoms with van der Waals surface area (Å²) in [5.41, 5.74) is 2.54. The fourth-order valence-electron chi connectivity index (χ4n) is 1.48. The van der Waals surface area contributed by atoms with Crippen LogP contribution < -0.4 is 0 Å². The molecule has 0 fully saturated rings. The Bertz CT molecular complexity index is 283. The highest BCUT2D eigenvalue weighted by Crippen LogP contribution is 2.06. The highest BCUT2D eigenvalue weighted by Gasteiger charge is 2.05. The zero-order valence-corrected chi connectivity index (χ0v) is 13.9. The van der Waals surface area contributed by atoms with Crippen LogP contribution in [0.2, 0.25) is 0 Å². The first-order chi connectivity index (χ1) is 9.56. The molecule has 0 aromatic carbocycles. The zero-order chi connectivity index (χ0) is 15.2. The van der Waals surface area contributed by atoms with Gasteiger partial charge in [-0.05, 0) is 34.1 Å². The first kappa shape index (κ1) is 19.1. The van der Waals surface area contributed by atoms with Crippen molar-refractivity contribution in [2.24, 2.45) is 0 Å². The molecule has 0 saturated carbocycles. The van der Waals surface area contributed by atoms with Crippen LogP contribution in [0.5, 0.6) is 0 Å². The Kier molecular flexibility index (Phi) is 12.6. The number of rotatable bonds is 11. The maximum atomic E-state index is 5.76. The van der Waals surface area contributed by atoms with Gasteiger partial charge in [-0.2, -0.15) is 0 Å². The van der Waals surface area contributed by atoms with E-state index in [4.69, 9.17) is 9.47 Å². The number of unbranched alkanes of at least 4 members (excludes halogenated alkanes) is 2. The lowest BCUT2D eigenvalue weighted by molar-refractivity contribution is -0.124. The summed E-state index contributed by atoms with van der Waals surface area (Å²) in [6.45, 7) is 11.7. The summed E-state index contributed by atoms with van der Waals surface area (Å²) in [5.74, 6) is 0. The summed E-state index contributed by atoms with van der Waals surface area (Å²) in [7, 11) is 0. The van der Waals surface area contributed by atoms with Crippen LogP contribution in [0.25, 0.3) is 0 Å². The van der Waals surface area contributed by atoms with Crippen LogP contribution in [0.3, 0.4) is 0 Å². The smallest absolute Gasteiger partial charge is 0.161 e. The third-order valence-electron chi connectivity index (χ3n) is 2.77. The molecule has 0 bridgehead atoms. The highest BCUT2D eigenvalue weighted by molar-refractivity contribution is 4.94. The van der Waals surface area contributed by atoms with E-state index in [1.54, 1.807) is 0 Å². The molecule has 0 aliphatic rings. The quantitative estimate of drug-likeness (QED) is 0.286. The van der Waals surface area contributed by atoms with Gasteiger partial charge in [-0.1, -0.05) is 55.2 Å². The maximum Gasteiger partial charge on any atom is 0.161 e. The van der Waals surface area contributed by atoms with Gasteiger partial charge in [0.05, 0.1) is 13.2 Å². The number of allylic oxidation sites excluding steroid dienone is 3. The molecule has 2 nitrogen and oxygen atoms in total. The van der Waals surface area contributed by atoms with E-state index in [2.05, 4.69) is 58.9 Å². The molecule has 20 heavy (non-hydrogen) atoms. The molecular formula is C18H32O2. The third-order valence-corrected chi connectivity index (χ3v) is 2.77. The van der Waals surface area contributed by atoms with Crippen molar-refractivity contribution in [3.05, 3.63) is 35.5 Å². The Morgan fingerprint density at radius 3 is 1.90 bits per heavy atom. The van der Waals surface area contributed by atoms with Gasteiger partial charge in [-0.15, -0.1) is 0 Å². The molecule has 0 aromatic heterocycles. The summed E-state index contributed by atoms with van der Waals surface area (Å²) in [6.07, 6.45) is 12.9. The molecule has 0 aliphatic carbocycles. The first-order valence-electron chi connectivity index (χ1n) is 7.71. The highest BCUT2D eigenvalue weighted by atomic mass is 16.7. The molecular weight excluding hydrogens is 248 g/mol. The van der Waals surface area contributed by atoms with Gasteiger partial charge in [-0.3, -0.25) is 0 Å². The molecule has 0 N–H and O–H groups in total. The summed E-state index contributed by atoms with van der Waals surface area (Å²) in [5, 5.41) is 0. The van der Waals surface area contributed by atoms with Crippen LogP contribution in [0.1, 0.15) is 60.3 Å². The van der Waals surface area contributed by atoms with Gasteiger partial charge in [0.15, 0.2) is 6.29 Å². The van der Waals surface area contributed by atoms with Crippen LogP contribution >= 0.6 is 0 Å². The van der Waals surface area contributed by atoms with Crippen LogP contribution in [0.4, 0.5) is 0 Å². The molecule has 0 unspecified atom stereocenters. The monoisotopic (exact) mass is 280 g/mol. The van der Waals surface area contributed by atoms with Crippen LogP contribution in [0.15, 0.2) is 35.5 Å². The Balaban J connectivity index is 4.13. The average Bonchev–Trinajstić information content (AvgIpc) is 2.37. The standard InChI is InChI=1S/C18H32O2/c1-6-7-8-9-10-11-18(19-14-12-16(2)3)20-15-13-17(4)5/h9-10,12-13,18H,6-8,11,14-15H2,1-5H3. The lowest BCUT2D eigenvalue weighted by Gasteiger charge is -2.15. The Labute approximate surface area is 125 Å². The Hall–Kier alpha value is -0.860. The molecule has 0 heterocycles. The van der Waals surface area contributed by atoms with Crippen molar-refractivity contribution in [2.45, 2.75) is 66.6 Å². The van der Waals surface area contributed by atoms with Gasteiger partial charge in [0.25, 0.3) is 0 Å². The maximum absolute atomic E-state index is 5.76. The van der Waals surface area contributed by atoms with E-state index in [9.17, 15) is 0 Å². The van der Waals surface area contributed by atoms with Gasteiger partial charge in [0.1, 0.15) is 0 Å². The lowest BCUT2D eigenvalue weighted by Crippen LogP contribution is -2.17. The van der Waals surface area contributed by atoms with E-state index in [1.165, 1.54) is 24.0 Å². The second-order valence-electron chi connectivity index (χ2n) is 5.51. The molecule has 0 spiro atoms. The van der Waals surface area contributed by atoms with Crippen LogP contribution in [0, 0.1) is 0 Å². The van der Waals surface area contributed by atoms with Crippen molar-refractivity contribution in [3.63, 3.8) is 0 Å². The second-order valence-corrected chi connectivity index (χ2v) is 5.51. The second kappa shape index (κ2) is 13.1. The summed E-state index contributed by atoms with van der Waals surface area (Å²) in [6, 6.07) is 0. The summed E-state index contributed by atoms with van der Waals surface area (Å²) >= 11 is 0. The van der Waals surface area contributed by atoms with E-state index >= 15 is 0 Å². The average molecular weight is 280 g/mol. The molecule has 0 rings (SSSR count). The SMILES string of the molecule is CCCCC=CCC(OCC=C(C)C)OCC=C(C)C. The van der Waals surface area contributed by atoms with Gasteiger partial charge in [-0.25, -0.2) is 0 Å². The lowest BCUT2D eigenvalue weighted by atomic mass is 10.2. The topological polar surface area (TPSA) is 18.5 Å². The minimum atomic E-state index is -0.154. The van der Waals surface area contributed by atoms with E-state index in [1.807, 2.05) is 0 Å². The number of hydrogen-bond acceptors (Lipinski definition) is 2.